The molecule has 0 fully saturated rings. The lowest BCUT2D eigenvalue weighted by molar-refractivity contribution is -0.168. The van der Waals surface area contributed by atoms with Crippen LogP contribution >= 0.6 is 7.60 Å². The lowest BCUT2D eigenvalue weighted by Gasteiger charge is -2.29. The van der Waals surface area contributed by atoms with Crippen LogP contribution in [0, 0.1) is 5.92 Å². The Bertz CT molecular complexity index is 1260. The van der Waals surface area contributed by atoms with Crippen LogP contribution in [0.3, 0.4) is 0 Å². The van der Waals surface area contributed by atoms with E-state index < -0.39 is 43.6 Å². The minimum atomic E-state index is -4.44. The first-order valence-corrected chi connectivity index (χ1v) is 15.4. The molecule has 1 aromatic carbocycles. The normalized spacial score (nSPS) is 12.6. The summed E-state index contributed by atoms with van der Waals surface area (Å²) in [6.45, 7) is 5.49. The van der Waals surface area contributed by atoms with E-state index in [1.165, 1.54) is 30.3 Å². The molecule has 0 radical (unpaired) electrons. The number of ether oxygens (including phenoxy) is 1. The predicted molar refractivity (Wildman–Crippen MR) is 152 cm³/mol. The molecule has 42 heavy (non-hydrogen) atoms. The zero-order valence-corrected chi connectivity index (χ0v) is 24.8. The molecule has 2 rings (SSSR count). The summed E-state index contributed by atoms with van der Waals surface area (Å²) >= 11 is 0. The smallest absolute Gasteiger partial charge is 0.344 e. The van der Waals surface area contributed by atoms with E-state index in [1.807, 2.05) is 6.92 Å². The Hall–Kier alpha value is -3.71. The number of carbonyl (C=O) groups excluding carboxylic acids is 4. The Kier molecular flexibility index (Phi) is 13.7. The first kappa shape index (κ1) is 34.5. The molecule has 232 valence electrons. The van der Waals surface area contributed by atoms with Gasteiger partial charge >= 0.3 is 7.60 Å². The number of benzene rings is 1. The minimum Gasteiger partial charge on any atom is -0.493 e. The molecule has 2 atom stereocenters. The lowest BCUT2D eigenvalue weighted by atomic mass is 9.90. The highest BCUT2D eigenvalue weighted by Crippen LogP contribution is 2.33. The number of amides is 4. The van der Waals surface area contributed by atoms with Gasteiger partial charge in [0.15, 0.2) is 5.76 Å². The largest absolute Gasteiger partial charge is 0.493 e. The molecule has 0 bridgehead atoms. The van der Waals surface area contributed by atoms with E-state index >= 15 is 0 Å². The number of furan rings is 1. The topological polar surface area (TPSA) is 208 Å². The highest BCUT2D eigenvalue weighted by molar-refractivity contribution is 7.51. The number of hydrogen-bond donors (Lipinski definition) is 6. The van der Waals surface area contributed by atoms with Crippen LogP contribution in [0.15, 0.2) is 34.7 Å². The Morgan fingerprint density at radius 2 is 1.79 bits per heavy atom. The van der Waals surface area contributed by atoms with E-state index in [4.69, 9.17) is 18.9 Å². The fourth-order valence-corrected chi connectivity index (χ4v) is 4.65. The second-order valence-corrected chi connectivity index (χ2v) is 11.1. The van der Waals surface area contributed by atoms with Gasteiger partial charge in [0.2, 0.25) is 12.3 Å². The molecular formula is C27H39N4O10P. The van der Waals surface area contributed by atoms with E-state index in [2.05, 4.69) is 16.0 Å². The molecule has 0 aliphatic carbocycles. The third-order valence-electron chi connectivity index (χ3n) is 6.38. The third kappa shape index (κ3) is 10.3. The van der Waals surface area contributed by atoms with Crippen molar-refractivity contribution in [3.05, 3.63) is 41.7 Å². The number of carbonyl (C=O) groups is 4. The van der Waals surface area contributed by atoms with E-state index in [9.17, 15) is 29.0 Å². The molecule has 1 aromatic heterocycles. The van der Waals surface area contributed by atoms with Crippen molar-refractivity contribution < 1.29 is 47.9 Å². The summed E-state index contributed by atoms with van der Waals surface area (Å²) in [4.78, 5) is 67.1. The Labute approximate surface area is 243 Å². The molecule has 0 spiro atoms. The molecule has 0 aliphatic heterocycles. The van der Waals surface area contributed by atoms with Crippen LogP contribution in [0.25, 0.3) is 11.3 Å². The molecule has 1 heterocycles. The number of nitrogens with zero attached hydrogens (tertiary/aromatic N) is 1. The molecule has 0 saturated carbocycles. The molecule has 14 nitrogen and oxygen atoms in total. The highest BCUT2D eigenvalue weighted by atomic mass is 31.2. The van der Waals surface area contributed by atoms with Gasteiger partial charge in [-0.25, -0.2) is 5.06 Å². The summed E-state index contributed by atoms with van der Waals surface area (Å²) in [5, 5.41) is 17.8. The van der Waals surface area contributed by atoms with E-state index in [0.717, 1.165) is 19.3 Å². The third-order valence-corrected chi connectivity index (χ3v) is 6.95. The van der Waals surface area contributed by atoms with Crippen molar-refractivity contribution in [2.24, 2.45) is 5.92 Å². The van der Waals surface area contributed by atoms with Gasteiger partial charge in [0.1, 0.15) is 17.8 Å². The monoisotopic (exact) mass is 610 g/mol. The Balaban J connectivity index is 2.07. The van der Waals surface area contributed by atoms with Crippen LogP contribution in [-0.2, 0) is 14.2 Å². The van der Waals surface area contributed by atoms with Gasteiger partial charge in [0.05, 0.1) is 30.8 Å². The van der Waals surface area contributed by atoms with Crippen molar-refractivity contribution >= 4 is 31.7 Å². The van der Waals surface area contributed by atoms with E-state index in [0.29, 0.717) is 23.5 Å². The van der Waals surface area contributed by atoms with Crippen LogP contribution in [0.2, 0.25) is 0 Å². The van der Waals surface area contributed by atoms with Gasteiger partial charge < -0.3 is 34.9 Å². The van der Waals surface area contributed by atoms with Crippen LogP contribution in [-0.4, -0.2) is 69.8 Å². The summed E-state index contributed by atoms with van der Waals surface area (Å²) < 4.78 is 22.3. The SMILES string of the molecule is CCCCCC(C(=O)NCNC(=O)c1ccc(-c2ccc(C(=O)NCP(=O)(O)O)c(OCC)c2)o1)[C@@H](CC)N(O)C=O. The van der Waals surface area contributed by atoms with Gasteiger partial charge in [-0.15, -0.1) is 0 Å². The molecule has 4 amide bonds. The summed E-state index contributed by atoms with van der Waals surface area (Å²) in [7, 11) is -4.44. The van der Waals surface area contributed by atoms with Crippen LogP contribution in [0.4, 0.5) is 0 Å². The lowest BCUT2D eigenvalue weighted by Crippen LogP contribution is -2.47. The zero-order valence-electron chi connectivity index (χ0n) is 23.9. The maximum atomic E-state index is 12.9. The Morgan fingerprint density at radius 3 is 2.40 bits per heavy atom. The quantitative estimate of drug-likeness (QED) is 0.0363. The van der Waals surface area contributed by atoms with E-state index in [1.54, 1.807) is 13.8 Å². The van der Waals surface area contributed by atoms with Crippen molar-refractivity contribution in [2.45, 2.75) is 58.9 Å². The second kappa shape index (κ2) is 16.7. The molecule has 0 saturated heterocycles. The van der Waals surface area contributed by atoms with Gasteiger partial charge in [-0.05, 0) is 44.0 Å². The van der Waals surface area contributed by atoms with Crippen LogP contribution < -0.4 is 20.7 Å². The first-order chi connectivity index (χ1) is 19.9. The predicted octanol–water partition coefficient (Wildman–Crippen LogP) is 2.84. The van der Waals surface area contributed by atoms with Crippen molar-refractivity contribution in [1.82, 2.24) is 21.0 Å². The standard InChI is InChI=1S/C27H39N4O10P/c1-4-7-8-9-19(21(5-2)31(36)17-32)25(33)28-15-29-27(35)23-13-12-22(41-23)18-10-11-20(24(14-18)40-6-3)26(34)30-16-42(37,38)39/h10-14,17,19,21,36H,4-9,15-16H2,1-3H3,(H,28,33)(H,29,35)(H,30,34)(H2,37,38,39)/t19?,21-/m1/s1. The molecule has 6 N–H and O–H groups in total. The van der Waals surface area contributed by atoms with Gasteiger partial charge in [0.25, 0.3) is 11.8 Å². The number of hydrogen-bond acceptors (Lipinski definition) is 8. The van der Waals surface area contributed by atoms with Crippen molar-refractivity contribution in [3.8, 4) is 17.1 Å². The van der Waals surface area contributed by atoms with Gasteiger partial charge in [-0.1, -0.05) is 39.2 Å². The number of hydroxylamine groups is 2. The molecule has 0 aliphatic rings. The van der Waals surface area contributed by atoms with Gasteiger partial charge in [-0.2, -0.15) is 0 Å². The summed E-state index contributed by atoms with van der Waals surface area (Å²) in [6.07, 6.45) is 2.85. The maximum absolute atomic E-state index is 12.9. The summed E-state index contributed by atoms with van der Waals surface area (Å²) in [6, 6.07) is 6.71. The summed E-state index contributed by atoms with van der Waals surface area (Å²) in [5.41, 5.74) is 0.534. The van der Waals surface area contributed by atoms with Crippen LogP contribution in [0.1, 0.15) is 73.8 Å². The molecule has 1 unspecified atom stereocenters. The highest BCUT2D eigenvalue weighted by Gasteiger charge is 2.30. The number of nitrogens with one attached hydrogen (secondary N) is 3. The first-order valence-electron chi connectivity index (χ1n) is 13.6. The number of unbranched alkanes of at least 4 members (excludes halogenated alkanes) is 2. The van der Waals surface area contributed by atoms with E-state index in [-0.39, 0.29) is 42.5 Å². The average Bonchev–Trinajstić information content (AvgIpc) is 3.45. The average molecular weight is 611 g/mol. The molecule has 15 heteroatoms. The number of rotatable bonds is 18. The van der Waals surface area contributed by atoms with Crippen molar-refractivity contribution in [2.75, 3.05) is 19.6 Å². The second-order valence-electron chi connectivity index (χ2n) is 9.42. The molecule has 2 aromatic rings. The fourth-order valence-electron chi connectivity index (χ4n) is 4.30. The molecular weight excluding hydrogens is 571 g/mol. The fraction of sp³-hybridized carbons (Fsp3) is 0.481. The van der Waals surface area contributed by atoms with Crippen molar-refractivity contribution in [1.29, 1.82) is 0 Å². The maximum Gasteiger partial charge on any atom is 0.344 e. The van der Waals surface area contributed by atoms with Crippen LogP contribution in [0.5, 0.6) is 5.75 Å². The summed E-state index contributed by atoms with van der Waals surface area (Å²) in [5.74, 6) is -2.02. The minimum absolute atomic E-state index is 0.0471. The van der Waals surface area contributed by atoms with Crippen molar-refractivity contribution in [3.63, 3.8) is 0 Å². The Morgan fingerprint density at radius 1 is 1.05 bits per heavy atom. The van der Waals surface area contributed by atoms with Gasteiger partial charge in [-0.3, -0.25) is 29.0 Å². The van der Waals surface area contributed by atoms with Gasteiger partial charge in [0, 0.05) is 5.56 Å². The zero-order chi connectivity index (χ0) is 31.3.